The number of amides is 1. The number of hydrogen-bond donors (Lipinski definition) is 0. The van der Waals surface area contributed by atoms with Crippen molar-refractivity contribution < 1.29 is 4.79 Å². The van der Waals surface area contributed by atoms with Crippen LogP contribution in [0, 0.1) is 17.8 Å². The molecule has 2 aromatic rings. The Balaban J connectivity index is 1.28. The zero-order valence-electron chi connectivity index (χ0n) is 14.5. The highest BCUT2D eigenvalue weighted by Crippen LogP contribution is 2.49. The summed E-state index contributed by atoms with van der Waals surface area (Å²) in [5.74, 6) is 4.48. The average Bonchev–Trinajstić information content (AvgIpc) is 3.37. The smallest absolute Gasteiger partial charge is 0.223 e. The number of hydrogen-bond acceptors (Lipinski definition) is 3. The first-order valence-electron chi connectivity index (χ1n) is 9.53. The minimum Gasteiger partial charge on any atom is -0.333 e. The Hall–Kier alpha value is -2.17. The molecule has 130 valence electrons. The zero-order valence-corrected chi connectivity index (χ0v) is 14.5. The van der Waals surface area contributed by atoms with Crippen molar-refractivity contribution >= 4 is 5.91 Å². The van der Waals surface area contributed by atoms with Gasteiger partial charge in [0.2, 0.25) is 5.91 Å². The number of nitrogens with zero attached hydrogens (tertiary/aromatic N) is 4. The van der Waals surface area contributed by atoms with E-state index in [0.717, 1.165) is 48.6 Å². The molecule has 2 aliphatic carbocycles. The lowest BCUT2D eigenvalue weighted by Gasteiger charge is -2.30. The predicted molar refractivity (Wildman–Crippen MR) is 94.4 cm³/mol. The van der Waals surface area contributed by atoms with Gasteiger partial charge in [-0.05, 0) is 37.0 Å². The minimum absolute atomic E-state index is 0.313. The molecule has 25 heavy (non-hydrogen) atoms. The SMILES string of the molecule is O=C(C[C@H]1C[C@H]2CC[C@H]1C2)N1CCn2c(nnc2-c2ccccc2)C1. The Morgan fingerprint density at radius 1 is 1.08 bits per heavy atom. The summed E-state index contributed by atoms with van der Waals surface area (Å²) in [6.07, 6.45) is 6.12. The van der Waals surface area contributed by atoms with Gasteiger partial charge in [0.1, 0.15) is 0 Å². The van der Waals surface area contributed by atoms with Crippen LogP contribution in [0.25, 0.3) is 11.4 Å². The first-order chi connectivity index (χ1) is 12.3. The van der Waals surface area contributed by atoms with E-state index in [9.17, 15) is 4.79 Å². The molecule has 5 heteroatoms. The molecule has 5 rings (SSSR count). The molecule has 0 unspecified atom stereocenters. The molecule has 3 atom stereocenters. The molecular formula is C20H24N4O. The van der Waals surface area contributed by atoms with Crippen LogP contribution in [0.3, 0.4) is 0 Å². The Bertz CT molecular complexity index is 784. The lowest BCUT2D eigenvalue weighted by molar-refractivity contribution is -0.134. The van der Waals surface area contributed by atoms with Crippen LogP contribution in [0.5, 0.6) is 0 Å². The third-order valence-electron chi connectivity index (χ3n) is 6.46. The Labute approximate surface area is 148 Å². The zero-order chi connectivity index (χ0) is 16.8. The third kappa shape index (κ3) is 2.66. The van der Waals surface area contributed by atoms with Gasteiger partial charge in [-0.1, -0.05) is 36.8 Å². The summed E-state index contributed by atoms with van der Waals surface area (Å²) < 4.78 is 2.16. The van der Waals surface area contributed by atoms with Crippen LogP contribution in [0.15, 0.2) is 30.3 Å². The van der Waals surface area contributed by atoms with E-state index in [2.05, 4.69) is 26.9 Å². The van der Waals surface area contributed by atoms with E-state index in [1.807, 2.05) is 23.1 Å². The maximum absolute atomic E-state index is 12.8. The lowest BCUT2D eigenvalue weighted by Crippen LogP contribution is -2.39. The van der Waals surface area contributed by atoms with E-state index < -0.39 is 0 Å². The number of carbonyl (C=O) groups excluding carboxylic acids is 1. The summed E-state index contributed by atoms with van der Waals surface area (Å²) in [5, 5.41) is 8.73. The topological polar surface area (TPSA) is 51.0 Å². The molecule has 2 saturated carbocycles. The van der Waals surface area contributed by atoms with Crippen LogP contribution in [0.2, 0.25) is 0 Å². The van der Waals surface area contributed by atoms with Gasteiger partial charge in [0.25, 0.3) is 0 Å². The second-order valence-corrected chi connectivity index (χ2v) is 7.91. The fraction of sp³-hybridized carbons (Fsp3) is 0.550. The van der Waals surface area contributed by atoms with Crippen LogP contribution in [-0.2, 0) is 17.9 Å². The van der Waals surface area contributed by atoms with Gasteiger partial charge in [-0.3, -0.25) is 4.79 Å². The molecule has 2 bridgehead atoms. The average molecular weight is 336 g/mol. The molecule has 3 aliphatic rings. The van der Waals surface area contributed by atoms with E-state index >= 15 is 0 Å². The van der Waals surface area contributed by atoms with Crippen molar-refractivity contribution in [3.05, 3.63) is 36.2 Å². The summed E-state index contributed by atoms with van der Waals surface area (Å²) in [4.78, 5) is 14.8. The van der Waals surface area contributed by atoms with Crippen molar-refractivity contribution in [2.24, 2.45) is 17.8 Å². The van der Waals surface area contributed by atoms with Gasteiger partial charge in [-0.15, -0.1) is 10.2 Å². The van der Waals surface area contributed by atoms with Crippen molar-refractivity contribution in [2.75, 3.05) is 6.54 Å². The summed E-state index contributed by atoms with van der Waals surface area (Å²) in [5.41, 5.74) is 1.09. The van der Waals surface area contributed by atoms with E-state index in [1.54, 1.807) is 0 Å². The summed E-state index contributed by atoms with van der Waals surface area (Å²) in [6, 6.07) is 10.2. The van der Waals surface area contributed by atoms with Crippen LogP contribution in [0.1, 0.15) is 37.9 Å². The second-order valence-electron chi connectivity index (χ2n) is 7.91. The second kappa shape index (κ2) is 5.97. The molecule has 5 nitrogen and oxygen atoms in total. The molecule has 0 spiro atoms. The number of carbonyl (C=O) groups is 1. The molecule has 0 N–H and O–H groups in total. The van der Waals surface area contributed by atoms with Gasteiger partial charge in [0, 0.05) is 25.1 Å². The molecule has 0 radical (unpaired) electrons. The number of aromatic nitrogens is 3. The van der Waals surface area contributed by atoms with Gasteiger partial charge in [0.15, 0.2) is 11.6 Å². The molecule has 1 amide bonds. The van der Waals surface area contributed by atoms with Crippen LogP contribution in [-0.4, -0.2) is 32.1 Å². The van der Waals surface area contributed by atoms with E-state index in [1.165, 1.54) is 25.7 Å². The van der Waals surface area contributed by atoms with Gasteiger partial charge in [-0.2, -0.15) is 0 Å². The monoisotopic (exact) mass is 336 g/mol. The van der Waals surface area contributed by atoms with Gasteiger partial charge >= 0.3 is 0 Å². The molecule has 2 heterocycles. The molecule has 2 fully saturated rings. The fourth-order valence-electron chi connectivity index (χ4n) is 5.15. The van der Waals surface area contributed by atoms with Crippen molar-refractivity contribution in [1.29, 1.82) is 0 Å². The van der Waals surface area contributed by atoms with Gasteiger partial charge in [0.05, 0.1) is 6.54 Å². The Morgan fingerprint density at radius 3 is 2.72 bits per heavy atom. The molecule has 0 saturated heterocycles. The summed E-state index contributed by atoms with van der Waals surface area (Å²) in [6.45, 7) is 2.15. The highest BCUT2D eigenvalue weighted by Gasteiger charge is 2.41. The Kier molecular flexibility index (Phi) is 3.61. The predicted octanol–water partition coefficient (Wildman–Crippen LogP) is 3.11. The van der Waals surface area contributed by atoms with Crippen LogP contribution in [0.4, 0.5) is 0 Å². The fourth-order valence-corrected chi connectivity index (χ4v) is 5.15. The van der Waals surface area contributed by atoms with Crippen molar-refractivity contribution in [1.82, 2.24) is 19.7 Å². The Morgan fingerprint density at radius 2 is 1.96 bits per heavy atom. The van der Waals surface area contributed by atoms with E-state index in [-0.39, 0.29) is 0 Å². The van der Waals surface area contributed by atoms with Gasteiger partial charge < -0.3 is 9.47 Å². The first-order valence-corrected chi connectivity index (χ1v) is 9.53. The van der Waals surface area contributed by atoms with E-state index in [4.69, 9.17) is 0 Å². The first kappa shape index (κ1) is 15.1. The van der Waals surface area contributed by atoms with Crippen molar-refractivity contribution in [3.63, 3.8) is 0 Å². The largest absolute Gasteiger partial charge is 0.333 e. The minimum atomic E-state index is 0.313. The lowest BCUT2D eigenvalue weighted by atomic mass is 9.86. The van der Waals surface area contributed by atoms with Crippen molar-refractivity contribution in [3.8, 4) is 11.4 Å². The van der Waals surface area contributed by atoms with E-state index in [0.29, 0.717) is 18.4 Å². The molecule has 1 aliphatic heterocycles. The van der Waals surface area contributed by atoms with Crippen LogP contribution < -0.4 is 0 Å². The van der Waals surface area contributed by atoms with Crippen LogP contribution >= 0.6 is 0 Å². The highest BCUT2D eigenvalue weighted by molar-refractivity contribution is 5.76. The normalized spacial score (nSPS) is 27.5. The quantitative estimate of drug-likeness (QED) is 0.865. The molecular weight excluding hydrogens is 312 g/mol. The highest BCUT2D eigenvalue weighted by atomic mass is 16.2. The molecule has 1 aromatic carbocycles. The number of benzene rings is 1. The standard InChI is InChI=1S/C20H24N4O/c25-19(12-17-11-14-6-7-16(17)10-14)23-8-9-24-18(13-23)21-22-20(24)15-4-2-1-3-5-15/h1-5,14,16-17H,6-13H2/t14-,16-,17+/m0/s1. The third-order valence-corrected chi connectivity index (χ3v) is 6.46. The van der Waals surface area contributed by atoms with Gasteiger partial charge in [-0.25, -0.2) is 0 Å². The summed E-state index contributed by atoms with van der Waals surface area (Å²) in [7, 11) is 0. The summed E-state index contributed by atoms with van der Waals surface area (Å²) >= 11 is 0. The molecule has 1 aromatic heterocycles. The maximum atomic E-state index is 12.8. The maximum Gasteiger partial charge on any atom is 0.223 e. The number of fused-ring (bicyclic) bond motifs is 3. The van der Waals surface area contributed by atoms with Crippen molar-refractivity contribution in [2.45, 2.75) is 45.2 Å². The number of rotatable bonds is 3.